The van der Waals surface area contributed by atoms with Crippen molar-refractivity contribution < 1.29 is 22.7 Å². The molecule has 2 atom stereocenters. The van der Waals surface area contributed by atoms with Crippen LogP contribution in [0.2, 0.25) is 0 Å². The van der Waals surface area contributed by atoms with E-state index in [-0.39, 0.29) is 31.8 Å². The summed E-state index contributed by atoms with van der Waals surface area (Å²) < 4.78 is 42.7. The van der Waals surface area contributed by atoms with Crippen LogP contribution in [0.4, 0.5) is 13.2 Å². The van der Waals surface area contributed by atoms with Gasteiger partial charge in [0.15, 0.2) is 0 Å². The summed E-state index contributed by atoms with van der Waals surface area (Å²) in [6, 6.07) is 0. The number of nitrogens with zero attached hydrogens (tertiary/aromatic N) is 1. The van der Waals surface area contributed by atoms with Crippen LogP contribution in [0.1, 0.15) is 19.3 Å². The Morgan fingerprint density at radius 1 is 1.56 bits per heavy atom. The van der Waals surface area contributed by atoms with Crippen molar-refractivity contribution in [3.8, 4) is 0 Å². The van der Waals surface area contributed by atoms with Gasteiger partial charge >= 0.3 is 6.18 Å². The van der Waals surface area contributed by atoms with Gasteiger partial charge in [0.25, 0.3) is 0 Å². The molecular formula is C11H19F3N2O2. The van der Waals surface area contributed by atoms with Gasteiger partial charge in [-0.15, -0.1) is 0 Å². The molecule has 0 aromatic heterocycles. The Bertz CT molecular complexity index is 280. The summed E-state index contributed by atoms with van der Waals surface area (Å²) in [7, 11) is 1.43. The number of hydrogen-bond acceptors (Lipinski definition) is 3. The van der Waals surface area contributed by atoms with Gasteiger partial charge in [-0.05, 0) is 12.8 Å². The van der Waals surface area contributed by atoms with Crippen LogP contribution in [0, 0.1) is 5.92 Å². The van der Waals surface area contributed by atoms with Crippen molar-refractivity contribution in [2.75, 3.05) is 26.7 Å². The Balaban J connectivity index is 2.53. The minimum absolute atomic E-state index is 0.0393. The maximum Gasteiger partial charge on any atom is 0.393 e. The molecular weight excluding hydrogens is 249 g/mol. The van der Waals surface area contributed by atoms with Gasteiger partial charge in [0.1, 0.15) is 0 Å². The summed E-state index contributed by atoms with van der Waals surface area (Å²) in [5.41, 5.74) is 5.38. The van der Waals surface area contributed by atoms with Crippen molar-refractivity contribution in [3.63, 3.8) is 0 Å². The third kappa shape index (κ3) is 4.13. The lowest BCUT2D eigenvalue weighted by Crippen LogP contribution is -2.45. The molecule has 1 heterocycles. The normalized spacial score (nSPS) is 22.9. The Labute approximate surface area is 104 Å². The molecule has 0 aromatic carbocycles. The van der Waals surface area contributed by atoms with Gasteiger partial charge in [-0.1, -0.05) is 0 Å². The van der Waals surface area contributed by atoms with E-state index in [0.29, 0.717) is 13.0 Å². The standard InChI is InChI=1S/C11H19F3N2O2/c1-18-9(6-15)5-10(17)16-4-2-3-8(7-16)11(12,13)14/h8-9H,2-7,15H2,1H3. The molecule has 0 saturated carbocycles. The number of nitrogens with two attached hydrogens (primary N) is 1. The van der Waals surface area contributed by atoms with Crippen molar-refractivity contribution in [1.29, 1.82) is 0 Å². The molecule has 1 saturated heterocycles. The monoisotopic (exact) mass is 268 g/mol. The quantitative estimate of drug-likeness (QED) is 0.832. The van der Waals surface area contributed by atoms with Gasteiger partial charge < -0.3 is 15.4 Å². The van der Waals surface area contributed by atoms with Gasteiger partial charge in [-0.3, -0.25) is 4.79 Å². The van der Waals surface area contributed by atoms with Crippen molar-refractivity contribution in [1.82, 2.24) is 4.90 Å². The van der Waals surface area contributed by atoms with Crippen molar-refractivity contribution >= 4 is 5.91 Å². The maximum absolute atomic E-state index is 12.6. The van der Waals surface area contributed by atoms with Gasteiger partial charge in [0.2, 0.25) is 5.91 Å². The zero-order valence-corrected chi connectivity index (χ0v) is 10.4. The van der Waals surface area contributed by atoms with E-state index in [2.05, 4.69) is 0 Å². The van der Waals surface area contributed by atoms with Crippen LogP contribution in [0.5, 0.6) is 0 Å². The summed E-state index contributed by atoms with van der Waals surface area (Å²) in [6.45, 7) is 0.314. The second-order valence-electron chi connectivity index (χ2n) is 4.52. The highest BCUT2D eigenvalue weighted by Crippen LogP contribution is 2.33. The molecule has 0 radical (unpaired) electrons. The molecule has 0 aromatic rings. The number of ether oxygens (including phenoxy) is 1. The van der Waals surface area contributed by atoms with Crippen molar-refractivity contribution in [3.05, 3.63) is 0 Å². The molecule has 0 bridgehead atoms. The number of hydrogen-bond donors (Lipinski definition) is 1. The van der Waals surface area contributed by atoms with Crippen molar-refractivity contribution in [2.45, 2.75) is 31.5 Å². The van der Waals surface area contributed by atoms with Crippen LogP contribution in [0.3, 0.4) is 0 Å². The van der Waals surface area contributed by atoms with Crippen LogP contribution >= 0.6 is 0 Å². The summed E-state index contributed by atoms with van der Waals surface area (Å²) in [5, 5.41) is 0. The number of alkyl halides is 3. The molecule has 1 amide bonds. The molecule has 1 aliphatic heterocycles. The summed E-state index contributed by atoms with van der Waals surface area (Å²) in [4.78, 5) is 13.1. The summed E-state index contributed by atoms with van der Waals surface area (Å²) in [6.07, 6.45) is -4.14. The molecule has 1 rings (SSSR count). The fourth-order valence-electron chi connectivity index (χ4n) is 2.06. The largest absolute Gasteiger partial charge is 0.393 e. The van der Waals surface area contributed by atoms with Crippen LogP contribution in [0.25, 0.3) is 0 Å². The highest BCUT2D eigenvalue weighted by Gasteiger charge is 2.42. The molecule has 1 aliphatic rings. The SMILES string of the molecule is COC(CN)CC(=O)N1CCCC(C(F)(F)F)C1. The summed E-state index contributed by atoms with van der Waals surface area (Å²) in [5.74, 6) is -1.73. The number of amides is 1. The molecule has 1 fully saturated rings. The van der Waals surface area contributed by atoms with E-state index in [0.717, 1.165) is 0 Å². The second-order valence-corrected chi connectivity index (χ2v) is 4.52. The predicted octanol–water partition coefficient (Wildman–Crippen LogP) is 1.15. The highest BCUT2D eigenvalue weighted by atomic mass is 19.4. The topological polar surface area (TPSA) is 55.6 Å². The van der Waals surface area contributed by atoms with Gasteiger partial charge in [-0.2, -0.15) is 13.2 Å². The lowest BCUT2D eigenvalue weighted by Gasteiger charge is -2.34. The zero-order chi connectivity index (χ0) is 13.8. The minimum atomic E-state index is -4.23. The molecule has 4 nitrogen and oxygen atoms in total. The van der Waals surface area contributed by atoms with Crippen LogP contribution in [0.15, 0.2) is 0 Å². The Hall–Kier alpha value is -0.820. The smallest absolute Gasteiger partial charge is 0.380 e. The lowest BCUT2D eigenvalue weighted by molar-refractivity contribution is -0.188. The lowest BCUT2D eigenvalue weighted by atomic mass is 9.97. The molecule has 2 unspecified atom stereocenters. The van der Waals surface area contributed by atoms with E-state index >= 15 is 0 Å². The third-order valence-corrected chi connectivity index (χ3v) is 3.24. The van der Waals surface area contributed by atoms with Gasteiger partial charge in [-0.25, -0.2) is 0 Å². The number of rotatable bonds is 4. The van der Waals surface area contributed by atoms with Crippen molar-refractivity contribution in [2.24, 2.45) is 11.7 Å². The molecule has 7 heteroatoms. The first-order valence-electron chi connectivity index (χ1n) is 5.95. The zero-order valence-electron chi connectivity index (χ0n) is 10.4. The number of piperidine rings is 1. The first-order valence-corrected chi connectivity index (χ1v) is 5.95. The molecule has 106 valence electrons. The van der Waals surface area contributed by atoms with Gasteiger partial charge in [0, 0.05) is 26.7 Å². The van der Waals surface area contributed by atoms with E-state index in [1.807, 2.05) is 0 Å². The molecule has 0 spiro atoms. The van der Waals surface area contributed by atoms with Crippen LogP contribution < -0.4 is 5.73 Å². The summed E-state index contributed by atoms with van der Waals surface area (Å²) >= 11 is 0. The molecule has 0 aliphatic carbocycles. The number of halogens is 3. The Morgan fingerprint density at radius 3 is 2.72 bits per heavy atom. The third-order valence-electron chi connectivity index (χ3n) is 3.24. The second kappa shape index (κ2) is 6.38. The first kappa shape index (κ1) is 15.2. The fourth-order valence-corrected chi connectivity index (χ4v) is 2.06. The van der Waals surface area contributed by atoms with Gasteiger partial charge in [0.05, 0.1) is 18.4 Å². The van der Waals surface area contributed by atoms with E-state index in [1.165, 1.54) is 12.0 Å². The van der Waals surface area contributed by atoms with E-state index in [1.54, 1.807) is 0 Å². The van der Waals surface area contributed by atoms with E-state index in [9.17, 15) is 18.0 Å². The molecule has 18 heavy (non-hydrogen) atoms. The highest BCUT2D eigenvalue weighted by molar-refractivity contribution is 5.76. The Morgan fingerprint density at radius 2 is 2.22 bits per heavy atom. The average molecular weight is 268 g/mol. The average Bonchev–Trinajstić information content (AvgIpc) is 2.34. The van der Waals surface area contributed by atoms with E-state index < -0.39 is 18.2 Å². The maximum atomic E-state index is 12.6. The predicted molar refractivity (Wildman–Crippen MR) is 59.8 cm³/mol. The number of carbonyl (C=O) groups is 1. The van der Waals surface area contributed by atoms with E-state index in [4.69, 9.17) is 10.5 Å². The first-order chi connectivity index (χ1) is 8.38. The fraction of sp³-hybridized carbons (Fsp3) is 0.909. The molecule has 2 N–H and O–H groups in total. The van der Waals surface area contributed by atoms with Crippen LogP contribution in [-0.2, 0) is 9.53 Å². The number of methoxy groups -OCH3 is 1. The van der Waals surface area contributed by atoms with Crippen LogP contribution in [-0.4, -0.2) is 49.8 Å². The Kier molecular flexibility index (Phi) is 5.40. The number of likely N-dealkylation sites (tertiary alicyclic amines) is 1. The number of carbonyl (C=O) groups excluding carboxylic acids is 1. The minimum Gasteiger partial charge on any atom is -0.380 e.